The van der Waals surface area contributed by atoms with Gasteiger partial charge in [0.25, 0.3) is 0 Å². The maximum Gasteiger partial charge on any atom is 0.157 e. The summed E-state index contributed by atoms with van der Waals surface area (Å²) < 4.78 is 11.2. The maximum atomic E-state index is 5.71. The zero-order valence-electron chi connectivity index (χ0n) is 11.9. The molecule has 1 fully saturated rings. The molecule has 0 spiro atoms. The van der Waals surface area contributed by atoms with Crippen molar-refractivity contribution in [1.29, 1.82) is 0 Å². The standard InChI is InChI=1S/C16H30O2/c1-2-3-4-5-6-7-8-9-11-14-17-16-13-10-12-15-18-16/h2,16H,1,3-15H2. The van der Waals surface area contributed by atoms with E-state index in [0.717, 1.165) is 19.6 Å². The van der Waals surface area contributed by atoms with Gasteiger partial charge >= 0.3 is 0 Å². The van der Waals surface area contributed by atoms with Crippen LogP contribution in [0.5, 0.6) is 0 Å². The van der Waals surface area contributed by atoms with Crippen molar-refractivity contribution in [3.05, 3.63) is 12.7 Å². The van der Waals surface area contributed by atoms with Crippen molar-refractivity contribution in [2.24, 2.45) is 0 Å². The van der Waals surface area contributed by atoms with Crippen molar-refractivity contribution in [3.63, 3.8) is 0 Å². The third-order valence-corrected chi connectivity index (χ3v) is 3.49. The van der Waals surface area contributed by atoms with Crippen LogP contribution in [0.4, 0.5) is 0 Å². The molecule has 0 aromatic carbocycles. The molecule has 0 aromatic rings. The molecule has 1 saturated heterocycles. The second kappa shape index (κ2) is 11.7. The summed E-state index contributed by atoms with van der Waals surface area (Å²) in [4.78, 5) is 0. The van der Waals surface area contributed by atoms with Crippen LogP contribution in [0.3, 0.4) is 0 Å². The van der Waals surface area contributed by atoms with Gasteiger partial charge in [0.1, 0.15) is 0 Å². The number of rotatable bonds is 11. The van der Waals surface area contributed by atoms with E-state index < -0.39 is 0 Å². The Morgan fingerprint density at radius 1 is 1.00 bits per heavy atom. The second-order valence-corrected chi connectivity index (χ2v) is 5.22. The van der Waals surface area contributed by atoms with Crippen molar-refractivity contribution >= 4 is 0 Å². The first-order valence-electron chi connectivity index (χ1n) is 7.77. The minimum atomic E-state index is 0.0950. The van der Waals surface area contributed by atoms with Crippen LogP contribution in [-0.2, 0) is 9.47 Å². The molecule has 1 atom stereocenters. The molecule has 2 heteroatoms. The summed E-state index contributed by atoms with van der Waals surface area (Å²) in [6.45, 7) is 5.50. The molecule has 0 aliphatic carbocycles. The molecule has 1 aliphatic heterocycles. The predicted octanol–water partition coefficient (Wildman–Crippen LogP) is 4.84. The van der Waals surface area contributed by atoms with Gasteiger partial charge in [-0.25, -0.2) is 0 Å². The van der Waals surface area contributed by atoms with Crippen LogP contribution in [0.2, 0.25) is 0 Å². The van der Waals surface area contributed by atoms with E-state index in [4.69, 9.17) is 9.47 Å². The van der Waals surface area contributed by atoms with Gasteiger partial charge in [-0.15, -0.1) is 6.58 Å². The van der Waals surface area contributed by atoms with E-state index in [1.165, 1.54) is 64.2 Å². The highest BCUT2D eigenvalue weighted by atomic mass is 16.7. The van der Waals surface area contributed by atoms with Gasteiger partial charge in [-0.1, -0.05) is 38.2 Å². The number of allylic oxidation sites excluding steroid dienone is 1. The molecule has 2 nitrogen and oxygen atoms in total. The average molecular weight is 254 g/mol. The molecule has 1 rings (SSSR count). The van der Waals surface area contributed by atoms with Gasteiger partial charge in [0, 0.05) is 13.2 Å². The van der Waals surface area contributed by atoms with Crippen LogP contribution in [-0.4, -0.2) is 19.5 Å². The number of ether oxygens (including phenoxy) is 2. The van der Waals surface area contributed by atoms with Gasteiger partial charge in [-0.2, -0.15) is 0 Å². The second-order valence-electron chi connectivity index (χ2n) is 5.22. The topological polar surface area (TPSA) is 18.5 Å². The van der Waals surface area contributed by atoms with Crippen molar-refractivity contribution in [2.45, 2.75) is 76.9 Å². The van der Waals surface area contributed by atoms with Crippen molar-refractivity contribution in [1.82, 2.24) is 0 Å². The number of unbranched alkanes of at least 4 members (excludes halogenated alkanes) is 7. The third kappa shape index (κ3) is 8.71. The van der Waals surface area contributed by atoms with Crippen LogP contribution in [0.15, 0.2) is 12.7 Å². The lowest BCUT2D eigenvalue weighted by Gasteiger charge is -2.22. The first-order valence-corrected chi connectivity index (χ1v) is 7.77. The highest BCUT2D eigenvalue weighted by Crippen LogP contribution is 2.14. The molecule has 1 unspecified atom stereocenters. The Morgan fingerprint density at radius 3 is 2.39 bits per heavy atom. The van der Waals surface area contributed by atoms with Gasteiger partial charge in [-0.05, 0) is 38.5 Å². The minimum Gasteiger partial charge on any atom is -0.353 e. The largest absolute Gasteiger partial charge is 0.353 e. The molecule has 0 N–H and O–H groups in total. The average Bonchev–Trinajstić information content (AvgIpc) is 2.42. The molecular formula is C16H30O2. The van der Waals surface area contributed by atoms with Crippen LogP contribution in [0.25, 0.3) is 0 Å². The summed E-state index contributed by atoms with van der Waals surface area (Å²) >= 11 is 0. The maximum absolute atomic E-state index is 5.71. The Bertz CT molecular complexity index is 186. The fraction of sp³-hybridized carbons (Fsp3) is 0.875. The fourth-order valence-electron chi connectivity index (χ4n) is 2.33. The van der Waals surface area contributed by atoms with E-state index in [1.807, 2.05) is 6.08 Å². The quantitative estimate of drug-likeness (QED) is 0.388. The van der Waals surface area contributed by atoms with E-state index in [9.17, 15) is 0 Å². The highest BCUT2D eigenvalue weighted by molar-refractivity contribution is 4.65. The monoisotopic (exact) mass is 254 g/mol. The Labute approximate surface area is 113 Å². The lowest BCUT2D eigenvalue weighted by atomic mass is 10.1. The molecule has 0 saturated carbocycles. The van der Waals surface area contributed by atoms with Gasteiger partial charge in [0.2, 0.25) is 0 Å². The zero-order valence-corrected chi connectivity index (χ0v) is 11.9. The van der Waals surface area contributed by atoms with Gasteiger partial charge in [0.15, 0.2) is 6.29 Å². The van der Waals surface area contributed by atoms with E-state index >= 15 is 0 Å². The minimum absolute atomic E-state index is 0.0950. The van der Waals surface area contributed by atoms with E-state index in [1.54, 1.807) is 0 Å². The summed E-state index contributed by atoms with van der Waals surface area (Å²) in [6.07, 6.45) is 16.1. The highest BCUT2D eigenvalue weighted by Gasteiger charge is 2.13. The van der Waals surface area contributed by atoms with Crippen molar-refractivity contribution in [3.8, 4) is 0 Å². The van der Waals surface area contributed by atoms with Crippen LogP contribution < -0.4 is 0 Å². The molecule has 0 aromatic heterocycles. The van der Waals surface area contributed by atoms with Gasteiger partial charge < -0.3 is 9.47 Å². The third-order valence-electron chi connectivity index (χ3n) is 3.49. The Morgan fingerprint density at radius 2 is 1.72 bits per heavy atom. The molecule has 106 valence electrons. The number of hydrogen-bond donors (Lipinski definition) is 0. The molecule has 18 heavy (non-hydrogen) atoms. The Balaban J connectivity index is 1.74. The zero-order chi connectivity index (χ0) is 12.9. The predicted molar refractivity (Wildman–Crippen MR) is 76.7 cm³/mol. The van der Waals surface area contributed by atoms with Crippen LogP contribution in [0.1, 0.15) is 70.6 Å². The Kier molecular flexibility index (Phi) is 10.2. The first-order chi connectivity index (χ1) is 8.93. The van der Waals surface area contributed by atoms with Crippen LogP contribution >= 0.6 is 0 Å². The fourth-order valence-corrected chi connectivity index (χ4v) is 2.33. The van der Waals surface area contributed by atoms with Crippen molar-refractivity contribution in [2.75, 3.05) is 13.2 Å². The summed E-state index contributed by atoms with van der Waals surface area (Å²) in [5.41, 5.74) is 0. The van der Waals surface area contributed by atoms with E-state index in [0.29, 0.717) is 0 Å². The summed E-state index contributed by atoms with van der Waals surface area (Å²) in [7, 11) is 0. The van der Waals surface area contributed by atoms with Crippen molar-refractivity contribution < 1.29 is 9.47 Å². The molecule has 1 heterocycles. The molecular weight excluding hydrogens is 224 g/mol. The lowest BCUT2D eigenvalue weighted by Crippen LogP contribution is -2.22. The molecule has 0 radical (unpaired) electrons. The lowest BCUT2D eigenvalue weighted by molar-refractivity contribution is -0.162. The first kappa shape index (κ1) is 15.7. The molecule has 0 bridgehead atoms. The smallest absolute Gasteiger partial charge is 0.157 e. The summed E-state index contributed by atoms with van der Waals surface area (Å²) in [5.74, 6) is 0. The van der Waals surface area contributed by atoms with Crippen LogP contribution in [0, 0.1) is 0 Å². The van der Waals surface area contributed by atoms with Gasteiger partial charge in [-0.3, -0.25) is 0 Å². The van der Waals surface area contributed by atoms with Gasteiger partial charge in [0.05, 0.1) is 0 Å². The van der Waals surface area contributed by atoms with E-state index in [-0.39, 0.29) is 6.29 Å². The Hall–Kier alpha value is -0.340. The number of hydrogen-bond acceptors (Lipinski definition) is 2. The summed E-state index contributed by atoms with van der Waals surface area (Å²) in [6, 6.07) is 0. The molecule has 0 amide bonds. The van der Waals surface area contributed by atoms with E-state index in [2.05, 4.69) is 6.58 Å². The summed E-state index contributed by atoms with van der Waals surface area (Å²) in [5, 5.41) is 0. The molecule has 1 aliphatic rings. The normalized spacial score (nSPS) is 19.9. The SMILES string of the molecule is C=CCCCCCCCCCOC1CCCCO1.